The number of nitrogen functional groups attached to an aromatic ring is 1. The van der Waals surface area contributed by atoms with Crippen LogP contribution in [-0.2, 0) is 4.74 Å². The van der Waals surface area contributed by atoms with Crippen molar-refractivity contribution >= 4 is 46.1 Å². The van der Waals surface area contributed by atoms with Gasteiger partial charge in [0, 0.05) is 17.8 Å². The van der Waals surface area contributed by atoms with Crippen LogP contribution in [0.3, 0.4) is 0 Å². The molecule has 2 aromatic rings. The predicted octanol–water partition coefficient (Wildman–Crippen LogP) is 2.93. The Morgan fingerprint density at radius 3 is 2.64 bits per heavy atom. The number of hydrogen-bond acceptors (Lipinski definition) is 7. The number of anilines is 1. The molecular formula is C13H9ClN2O5S. The third-order valence-corrected chi connectivity index (χ3v) is 3.92. The number of nitrogens with two attached hydrogens (primary N) is 1. The molecule has 1 aromatic heterocycles. The van der Waals surface area contributed by atoms with E-state index in [0.717, 1.165) is 17.4 Å². The van der Waals surface area contributed by atoms with Crippen molar-refractivity contribution in [2.75, 3.05) is 12.3 Å². The lowest BCUT2D eigenvalue weighted by molar-refractivity contribution is -0.384. The van der Waals surface area contributed by atoms with E-state index >= 15 is 0 Å². The van der Waals surface area contributed by atoms with E-state index < -0.39 is 23.3 Å². The number of benzene rings is 1. The Hall–Kier alpha value is -2.45. The Morgan fingerprint density at radius 2 is 2.05 bits per heavy atom. The summed E-state index contributed by atoms with van der Waals surface area (Å²) in [5, 5.41) is 10.7. The van der Waals surface area contributed by atoms with Crippen LogP contribution in [0, 0.1) is 10.1 Å². The van der Waals surface area contributed by atoms with Crippen LogP contribution in [0.15, 0.2) is 30.3 Å². The lowest BCUT2D eigenvalue weighted by atomic mass is 10.1. The average Bonchev–Trinajstić information content (AvgIpc) is 2.91. The second-order valence-corrected chi connectivity index (χ2v) is 5.85. The number of thiophene rings is 1. The summed E-state index contributed by atoms with van der Waals surface area (Å²) in [6.07, 6.45) is 0. The molecule has 1 heterocycles. The van der Waals surface area contributed by atoms with Crippen molar-refractivity contribution < 1.29 is 19.2 Å². The fraction of sp³-hybridized carbons (Fsp3) is 0.0769. The molecule has 1 aromatic carbocycles. The third-order valence-electron chi connectivity index (χ3n) is 2.65. The molecule has 0 amide bonds. The molecule has 0 aliphatic carbocycles. The molecule has 114 valence electrons. The molecule has 22 heavy (non-hydrogen) atoms. The highest BCUT2D eigenvalue weighted by atomic mass is 35.5. The number of rotatable bonds is 5. The number of nitrogens with zero attached hydrogens (tertiary/aromatic N) is 1. The first-order valence-corrected chi connectivity index (χ1v) is 7.07. The van der Waals surface area contributed by atoms with Crippen LogP contribution in [0.5, 0.6) is 0 Å². The molecular weight excluding hydrogens is 332 g/mol. The maximum atomic E-state index is 11.9. The molecule has 7 nitrogen and oxygen atoms in total. The quantitative estimate of drug-likeness (QED) is 0.294. The monoisotopic (exact) mass is 340 g/mol. The summed E-state index contributed by atoms with van der Waals surface area (Å²) in [5.41, 5.74) is 5.16. The van der Waals surface area contributed by atoms with E-state index in [2.05, 4.69) is 0 Å². The van der Waals surface area contributed by atoms with Crippen LogP contribution in [0.2, 0.25) is 4.34 Å². The molecule has 0 aliphatic heterocycles. The number of hydrogen-bond donors (Lipinski definition) is 1. The zero-order valence-electron chi connectivity index (χ0n) is 10.9. The first kappa shape index (κ1) is 15.9. The van der Waals surface area contributed by atoms with E-state index in [1.54, 1.807) is 6.07 Å². The van der Waals surface area contributed by atoms with Gasteiger partial charge >= 0.3 is 5.97 Å². The summed E-state index contributed by atoms with van der Waals surface area (Å²) in [7, 11) is 0. The molecule has 0 fully saturated rings. The largest absolute Gasteiger partial charge is 0.454 e. The summed E-state index contributed by atoms with van der Waals surface area (Å²) in [6.45, 7) is -0.502. The van der Waals surface area contributed by atoms with E-state index in [4.69, 9.17) is 22.1 Å². The molecule has 0 aliphatic rings. The number of ketones is 1. The van der Waals surface area contributed by atoms with Gasteiger partial charge < -0.3 is 10.5 Å². The van der Waals surface area contributed by atoms with Gasteiger partial charge in [0.1, 0.15) is 0 Å². The van der Waals surface area contributed by atoms with Gasteiger partial charge in [-0.3, -0.25) is 14.9 Å². The minimum atomic E-state index is -0.905. The molecule has 0 saturated heterocycles. The minimum Gasteiger partial charge on any atom is -0.454 e. The number of nitro groups is 1. The first-order chi connectivity index (χ1) is 10.4. The highest BCUT2D eigenvalue weighted by molar-refractivity contribution is 7.18. The number of non-ortho nitro benzene ring substituents is 1. The lowest BCUT2D eigenvalue weighted by Crippen LogP contribution is -2.15. The third kappa shape index (κ3) is 3.60. The number of ether oxygens (including phenoxy) is 1. The highest BCUT2D eigenvalue weighted by Gasteiger charge is 2.18. The zero-order chi connectivity index (χ0) is 16.3. The smallest absolute Gasteiger partial charge is 0.340 e. The van der Waals surface area contributed by atoms with Gasteiger partial charge in [-0.1, -0.05) is 11.6 Å². The van der Waals surface area contributed by atoms with E-state index in [0.29, 0.717) is 9.21 Å². The number of esters is 1. The second-order valence-electron chi connectivity index (χ2n) is 4.13. The molecule has 2 rings (SSSR count). The maximum absolute atomic E-state index is 11.9. The fourth-order valence-corrected chi connectivity index (χ4v) is 2.55. The van der Waals surface area contributed by atoms with Gasteiger partial charge in [-0.05, 0) is 18.2 Å². The van der Waals surface area contributed by atoms with Crippen molar-refractivity contribution in [1.82, 2.24) is 0 Å². The van der Waals surface area contributed by atoms with Crippen molar-refractivity contribution in [3.63, 3.8) is 0 Å². The van der Waals surface area contributed by atoms with Crippen molar-refractivity contribution in [3.8, 4) is 0 Å². The van der Waals surface area contributed by atoms with Crippen LogP contribution >= 0.6 is 22.9 Å². The molecule has 0 bridgehead atoms. The van der Waals surface area contributed by atoms with E-state index in [1.807, 2.05) is 0 Å². The molecule has 0 saturated carbocycles. The summed E-state index contributed by atoms with van der Waals surface area (Å²) in [4.78, 5) is 34.1. The Morgan fingerprint density at radius 1 is 1.32 bits per heavy atom. The fourth-order valence-electron chi connectivity index (χ4n) is 1.58. The van der Waals surface area contributed by atoms with E-state index in [9.17, 15) is 19.7 Å². The minimum absolute atomic E-state index is 0.0298. The maximum Gasteiger partial charge on any atom is 0.340 e. The summed E-state index contributed by atoms with van der Waals surface area (Å²) in [6, 6.07) is 6.48. The Kier molecular flexibility index (Phi) is 4.74. The number of carbonyl (C=O) groups excluding carboxylic acids is 2. The molecule has 0 unspecified atom stereocenters. The average molecular weight is 341 g/mol. The second kappa shape index (κ2) is 6.54. The van der Waals surface area contributed by atoms with E-state index in [1.165, 1.54) is 18.2 Å². The number of halogens is 1. The van der Waals surface area contributed by atoms with Crippen LogP contribution in [0.25, 0.3) is 0 Å². The number of nitro benzene ring substituents is 1. The Balaban J connectivity index is 2.08. The summed E-state index contributed by atoms with van der Waals surface area (Å²) in [5.74, 6) is -1.33. The zero-order valence-corrected chi connectivity index (χ0v) is 12.5. The van der Waals surface area contributed by atoms with Gasteiger partial charge in [0.2, 0.25) is 5.78 Å². The van der Waals surface area contributed by atoms with Gasteiger partial charge in [-0.25, -0.2) is 4.79 Å². The van der Waals surface area contributed by atoms with Gasteiger partial charge in [-0.2, -0.15) is 0 Å². The van der Waals surface area contributed by atoms with E-state index in [-0.39, 0.29) is 16.9 Å². The predicted molar refractivity (Wildman–Crippen MR) is 81.5 cm³/mol. The van der Waals surface area contributed by atoms with Gasteiger partial charge in [0.15, 0.2) is 6.61 Å². The molecule has 2 N–H and O–H groups in total. The van der Waals surface area contributed by atoms with Crippen molar-refractivity contribution in [2.45, 2.75) is 0 Å². The van der Waals surface area contributed by atoms with Gasteiger partial charge in [0.05, 0.1) is 19.7 Å². The Labute approximate surface area is 133 Å². The normalized spacial score (nSPS) is 10.2. The molecule has 0 spiro atoms. The summed E-state index contributed by atoms with van der Waals surface area (Å²) >= 11 is 6.77. The van der Waals surface area contributed by atoms with Crippen LogP contribution < -0.4 is 5.73 Å². The lowest BCUT2D eigenvalue weighted by Gasteiger charge is -2.06. The van der Waals surface area contributed by atoms with Crippen molar-refractivity contribution in [2.24, 2.45) is 0 Å². The van der Waals surface area contributed by atoms with Gasteiger partial charge in [0.25, 0.3) is 5.69 Å². The standard InChI is InChI=1S/C13H9ClN2O5S/c14-12-4-3-11(22-12)10(17)6-21-13(18)8-5-7(16(19)20)1-2-9(8)15/h1-5H,6,15H2. The number of carbonyl (C=O) groups is 2. The highest BCUT2D eigenvalue weighted by Crippen LogP contribution is 2.23. The first-order valence-electron chi connectivity index (χ1n) is 5.88. The van der Waals surface area contributed by atoms with Gasteiger partial charge in [-0.15, -0.1) is 11.3 Å². The molecule has 9 heteroatoms. The topological polar surface area (TPSA) is 113 Å². The van der Waals surface area contributed by atoms with Crippen molar-refractivity contribution in [1.29, 1.82) is 0 Å². The SMILES string of the molecule is Nc1ccc([N+](=O)[O-])cc1C(=O)OCC(=O)c1ccc(Cl)s1. The van der Waals surface area contributed by atoms with Crippen LogP contribution in [0.1, 0.15) is 20.0 Å². The molecule has 0 radical (unpaired) electrons. The number of Topliss-reactive ketones (excluding diaryl/α,β-unsaturated/α-hetero) is 1. The summed E-state index contributed by atoms with van der Waals surface area (Å²) < 4.78 is 5.28. The Bertz CT molecular complexity index is 759. The molecule has 0 atom stereocenters. The van der Waals surface area contributed by atoms with Crippen molar-refractivity contribution in [3.05, 3.63) is 55.2 Å². The van der Waals surface area contributed by atoms with Crippen LogP contribution in [0.4, 0.5) is 11.4 Å². The van der Waals surface area contributed by atoms with Crippen LogP contribution in [-0.4, -0.2) is 23.3 Å².